The van der Waals surface area contributed by atoms with Crippen molar-refractivity contribution >= 4 is 0 Å². The number of hydrogen-bond donors (Lipinski definition) is 1. The van der Waals surface area contributed by atoms with E-state index in [2.05, 4.69) is 0 Å². The van der Waals surface area contributed by atoms with Crippen LogP contribution in [0.15, 0.2) is 18.2 Å². The summed E-state index contributed by atoms with van der Waals surface area (Å²) in [4.78, 5) is 0. The van der Waals surface area contributed by atoms with E-state index in [1.807, 2.05) is 25.1 Å². The van der Waals surface area contributed by atoms with E-state index in [1.165, 1.54) is 7.11 Å². The molecule has 1 aliphatic heterocycles. The predicted octanol–water partition coefficient (Wildman–Crippen LogP) is 1.57. The molecule has 1 N–H and O–H groups in total. The molecule has 76 valence electrons. The van der Waals surface area contributed by atoms with Gasteiger partial charge in [0.05, 0.1) is 12.2 Å². The fourth-order valence-electron chi connectivity index (χ4n) is 1.72. The highest BCUT2D eigenvalue weighted by molar-refractivity contribution is 5.41. The largest absolute Gasteiger partial charge is 0.493 e. The lowest BCUT2D eigenvalue weighted by atomic mass is 9.97. The average molecular weight is 194 g/mol. The van der Waals surface area contributed by atoms with E-state index in [0.717, 1.165) is 11.1 Å². The number of aliphatic hydroxyl groups is 1. The maximum Gasteiger partial charge on any atom is 0.198 e. The molecule has 0 bridgehead atoms. The molecule has 0 fully saturated rings. The average Bonchev–Trinajstić information content (AvgIpc) is 2.20. The van der Waals surface area contributed by atoms with Crippen LogP contribution in [-0.2, 0) is 10.5 Å². The second kappa shape index (κ2) is 3.26. The molecular weight excluding hydrogens is 180 g/mol. The summed E-state index contributed by atoms with van der Waals surface area (Å²) in [5.41, 5.74) is 1.82. The van der Waals surface area contributed by atoms with Crippen LogP contribution in [0.5, 0.6) is 5.75 Å². The summed E-state index contributed by atoms with van der Waals surface area (Å²) < 4.78 is 10.6. The molecule has 1 aromatic rings. The van der Waals surface area contributed by atoms with Gasteiger partial charge < -0.3 is 14.6 Å². The summed E-state index contributed by atoms with van der Waals surface area (Å²) in [7, 11) is 1.51. The smallest absolute Gasteiger partial charge is 0.198 e. The highest BCUT2D eigenvalue weighted by atomic mass is 16.6. The van der Waals surface area contributed by atoms with Crippen molar-refractivity contribution in [3.63, 3.8) is 0 Å². The van der Waals surface area contributed by atoms with Crippen LogP contribution in [0.1, 0.15) is 17.5 Å². The standard InChI is InChI=1S/C11H14O3/c1-8-3-4-10-9(7-8)11(12,13-2)5-6-14-10/h3-4,7,12H,5-6H2,1-2H3. The first-order valence-corrected chi connectivity index (χ1v) is 4.67. The van der Waals surface area contributed by atoms with E-state index < -0.39 is 5.79 Å². The number of methoxy groups -OCH3 is 1. The molecule has 0 spiro atoms. The summed E-state index contributed by atoms with van der Waals surface area (Å²) in [5.74, 6) is -0.467. The lowest BCUT2D eigenvalue weighted by molar-refractivity contribution is -0.209. The Morgan fingerprint density at radius 1 is 1.50 bits per heavy atom. The van der Waals surface area contributed by atoms with Crippen LogP contribution in [0.3, 0.4) is 0 Å². The second-order valence-corrected chi connectivity index (χ2v) is 3.59. The van der Waals surface area contributed by atoms with E-state index >= 15 is 0 Å². The number of aryl methyl sites for hydroxylation is 1. The molecule has 0 amide bonds. The van der Waals surface area contributed by atoms with Gasteiger partial charge in [0, 0.05) is 13.5 Å². The first-order chi connectivity index (χ1) is 6.65. The molecule has 1 atom stereocenters. The zero-order valence-electron chi connectivity index (χ0n) is 8.41. The van der Waals surface area contributed by atoms with Crippen LogP contribution < -0.4 is 4.74 Å². The van der Waals surface area contributed by atoms with Gasteiger partial charge in [0.15, 0.2) is 5.79 Å². The number of benzene rings is 1. The Morgan fingerprint density at radius 3 is 3.00 bits per heavy atom. The van der Waals surface area contributed by atoms with Crippen LogP contribution in [0.2, 0.25) is 0 Å². The molecule has 0 aromatic heterocycles. The molecule has 1 unspecified atom stereocenters. The Labute approximate surface area is 83.3 Å². The molecule has 2 rings (SSSR count). The molecule has 1 heterocycles. The minimum Gasteiger partial charge on any atom is -0.493 e. The van der Waals surface area contributed by atoms with Crippen molar-refractivity contribution in [1.29, 1.82) is 0 Å². The van der Waals surface area contributed by atoms with E-state index in [1.54, 1.807) is 0 Å². The quantitative estimate of drug-likeness (QED) is 0.690. The topological polar surface area (TPSA) is 38.7 Å². The predicted molar refractivity (Wildman–Crippen MR) is 52.2 cm³/mol. The van der Waals surface area contributed by atoms with Crippen molar-refractivity contribution in [2.75, 3.05) is 13.7 Å². The van der Waals surface area contributed by atoms with Crippen molar-refractivity contribution in [2.45, 2.75) is 19.1 Å². The van der Waals surface area contributed by atoms with Gasteiger partial charge in [-0.25, -0.2) is 0 Å². The Balaban J connectivity index is 2.52. The normalized spacial score (nSPS) is 25.4. The van der Waals surface area contributed by atoms with Crippen LogP contribution in [-0.4, -0.2) is 18.8 Å². The van der Waals surface area contributed by atoms with Crippen molar-refractivity contribution in [2.24, 2.45) is 0 Å². The van der Waals surface area contributed by atoms with Gasteiger partial charge in [-0.2, -0.15) is 0 Å². The Kier molecular flexibility index (Phi) is 2.21. The van der Waals surface area contributed by atoms with Gasteiger partial charge in [-0.3, -0.25) is 0 Å². The van der Waals surface area contributed by atoms with Crippen molar-refractivity contribution in [1.82, 2.24) is 0 Å². The third-order valence-corrected chi connectivity index (χ3v) is 2.59. The summed E-state index contributed by atoms with van der Waals surface area (Å²) in [6.45, 7) is 2.46. The van der Waals surface area contributed by atoms with Crippen LogP contribution in [0.25, 0.3) is 0 Å². The molecule has 0 saturated carbocycles. The third-order valence-electron chi connectivity index (χ3n) is 2.59. The van der Waals surface area contributed by atoms with Gasteiger partial charge in [-0.1, -0.05) is 11.6 Å². The Morgan fingerprint density at radius 2 is 2.29 bits per heavy atom. The van der Waals surface area contributed by atoms with Gasteiger partial charge in [0.25, 0.3) is 0 Å². The molecule has 1 aromatic carbocycles. The highest BCUT2D eigenvalue weighted by Crippen LogP contribution is 2.37. The van der Waals surface area contributed by atoms with E-state index in [9.17, 15) is 5.11 Å². The molecule has 3 heteroatoms. The maximum absolute atomic E-state index is 10.2. The second-order valence-electron chi connectivity index (χ2n) is 3.59. The van der Waals surface area contributed by atoms with Gasteiger partial charge >= 0.3 is 0 Å². The Hall–Kier alpha value is -1.06. The fourth-order valence-corrected chi connectivity index (χ4v) is 1.72. The van der Waals surface area contributed by atoms with Crippen molar-refractivity contribution in [3.05, 3.63) is 29.3 Å². The Bertz CT molecular complexity index is 348. The first-order valence-electron chi connectivity index (χ1n) is 4.67. The fraction of sp³-hybridized carbons (Fsp3) is 0.455. The zero-order chi connectivity index (χ0) is 10.2. The summed E-state index contributed by atoms with van der Waals surface area (Å²) in [6.07, 6.45) is 0.472. The van der Waals surface area contributed by atoms with Gasteiger partial charge in [-0.05, 0) is 19.1 Å². The molecular formula is C11H14O3. The molecule has 3 nitrogen and oxygen atoms in total. The summed E-state index contributed by atoms with van der Waals surface area (Å²) in [6, 6.07) is 5.73. The van der Waals surface area contributed by atoms with Gasteiger partial charge in [0.1, 0.15) is 5.75 Å². The zero-order valence-corrected chi connectivity index (χ0v) is 8.41. The minimum absolute atomic E-state index is 0.472. The first kappa shape index (κ1) is 9.49. The van der Waals surface area contributed by atoms with Crippen molar-refractivity contribution in [3.8, 4) is 5.75 Å². The third kappa shape index (κ3) is 1.38. The maximum atomic E-state index is 10.2. The van der Waals surface area contributed by atoms with Gasteiger partial charge in [0.2, 0.25) is 0 Å². The number of fused-ring (bicyclic) bond motifs is 1. The summed E-state index contributed by atoms with van der Waals surface area (Å²) >= 11 is 0. The van der Waals surface area contributed by atoms with E-state index in [0.29, 0.717) is 18.8 Å². The minimum atomic E-state index is -1.18. The molecule has 14 heavy (non-hydrogen) atoms. The molecule has 0 radical (unpaired) electrons. The number of ether oxygens (including phenoxy) is 2. The highest BCUT2D eigenvalue weighted by Gasteiger charge is 2.35. The SMILES string of the molecule is COC1(O)CCOc2ccc(C)cc21. The molecule has 0 aliphatic carbocycles. The summed E-state index contributed by atoms with van der Waals surface area (Å²) in [5, 5.41) is 10.2. The molecule has 1 aliphatic rings. The number of hydrogen-bond acceptors (Lipinski definition) is 3. The lowest BCUT2D eigenvalue weighted by Gasteiger charge is -2.33. The number of rotatable bonds is 1. The monoisotopic (exact) mass is 194 g/mol. The van der Waals surface area contributed by atoms with E-state index in [-0.39, 0.29) is 0 Å². The molecule has 0 saturated heterocycles. The van der Waals surface area contributed by atoms with Crippen LogP contribution >= 0.6 is 0 Å². The van der Waals surface area contributed by atoms with E-state index in [4.69, 9.17) is 9.47 Å². The van der Waals surface area contributed by atoms with Crippen molar-refractivity contribution < 1.29 is 14.6 Å². The van der Waals surface area contributed by atoms with Crippen LogP contribution in [0, 0.1) is 6.92 Å². The van der Waals surface area contributed by atoms with Crippen LogP contribution in [0.4, 0.5) is 0 Å². The lowest BCUT2D eigenvalue weighted by Crippen LogP contribution is -2.34. The van der Waals surface area contributed by atoms with Gasteiger partial charge in [-0.15, -0.1) is 0 Å².